The second-order valence-corrected chi connectivity index (χ2v) is 6.91. The standard InChI is InChI=1S/C19H29N3O2/c1-2-24-18(23)10-12-22-13-15(14-22)5-3-7-17-9-8-16-6-4-11-20-19(16)21-17/h8-9,15H,2-7,10-14H2,1H3,(H,20,21). The highest BCUT2D eigenvalue weighted by Crippen LogP contribution is 2.23. The number of aromatic nitrogens is 1. The molecule has 132 valence electrons. The van der Waals surface area contributed by atoms with Crippen molar-refractivity contribution in [1.29, 1.82) is 0 Å². The van der Waals surface area contributed by atoms with Crippen molar-refractivity contribution in [2.45, 2.75) is 45.4 Å². The van der Waals surface area contributed by atoms with E-state index in [9.17, 15) is 4.79 Å². The fourth-order valence-corrected chi connectivity index (χ4v) is 3.60. The Kier molecular flexibility index (Phi) is 6.07. The van der Waals surface area contributed by atoms with Gasteiger partial charge in [-0.15, -0.1) is 0 Å². The number of hydrogen-bond donors (Lipinski definition) is 1. The Labute approximate surface area is 144 Å². The molecule has 0 spiro atoms. The van der Waals surface area contributed by atoms with E-state index >= 15 is 0 Å². The number of fused-ring (bicyclic) bond motifs is 1. The molecule has 24 heavy (non-hydrogen) atoms. The molecule has 0 aliphatic carbocycles. The number of carbonyl (C=O) groups excluding carboxylic acids is 1. The maximum Gasteiger partial charge on any atom is 0.307 e. The zero-order valence-corrected chi connectivity index (χ0v) is 14.7. The van der Waals surface area contributed by atoms with Crippen LogP contribution in [0.15, 0.2) is 12.1 Å². The third-order valence-electron chi connectivity index (χ3n) is 4.97. The summed E-state index contributed by atoms with van der Waals surface area (Å²) in [5.41, 5.74) is 2.57. The van der Waals surface area contributed by atoms with Crippen LogP contribution >= 0.6 is 0 Å². The molecule has 0 amide bonds. The largest absolute Gasteiger partial charge is 0.466 e. The normalized spacial score (nSPS) is 17.7. The van der Waals surface area contributed by atoms with E-state index in [4.69, 9.17) is 9.72 Å². The van der Waals surface area contributed by atoms with Crippen LogP contribution < -0.4 is 5.32 Å². The topological polar surface area (TPSA) is 54.5 Å². The summed E-state index contributed by atoms with van der Waals surface area (Å²) < 4.78 is 4.96. The summed E-state index contributed by atoms with van der Waals surface area (Å²) in [6, 6.07) is 4.43. The lowest BCUT2D eigenvalue weighted by Crippen LogP contribution is -2.47. The molecule has 5 heteroatoms. The number of nitrogens with one attached hydrogen (secondary N) is 1. The van der Waals surface area contributed by atoms with E-state index in [2.05, 4.69) is 22.3 Å². The van der Waals surface area contributed by atoms with Crippen LogP contribution in [0.3, 0.4) is 0 Å². The van der Waals surface area contributed by atoms with Crippen LogP contribution in [-0.2, 0) is 22.4 Å². The SMILES string of the molecule is CCOC(=O)CCN1CC(CCCc2ccc3c(n2)NCCC3)C1. The molecular weight excluding hydrogens is 302 g/mol. The Morgan fingerprint density at radius 2 is 2.29 bits per heavy atom. The van der Waals surface area contributed by atoms with Crippen LogP contribution in [0.2, 0.25) is 0 Å². The number of likely N-dealkylation sites (tertiary alicyclic amines) is 1. The van der Waals surface area contributed by atoms with Crippen LogP contribution in [0.5, 0.6) is 0 Å². The number of ether oxygens (including phenoxy) is 1. The van der Waals surface area contributed by atoms with Crippen molar-refractivity contribution in [3.05, 3.63) is 23.4 Å². The van der Waals surface area contributed by atoms with Crippen molar-refractivity contribution in [3.8, 4) is 0 Å². The molecule has 0 radical (unpaired) electrons. The van der Waals surface area contributed by atoms with Crippen molar-refractivity contribution in [1.82, 2.24) is 9.88 Å². The maximum atomic E-state index is 11.3. The van der Waals surface area contributed by atoms with Gasteiger partial charge in [-0.3, -0.25) is 4.79 Å². The first-order chi connectivity index (χ1) is 11.7. The highest BCUT2D eigenvalue weighted by Gasteiger charge is 2.26. The Hall–Kier alpha value is -1.62. The number of anilines is 1. The second kappa shape index (κ2) is 8.47. The van der Waals surface area contributed by atoms with Gasteiger partial charge in [-0.1, -0.05) is 6.07 Å². The first kappa shape index (κ1) is 17.2. The summed E-state index contributed by atoms with van der Waals surface area (Å²) in [5.74, 6) is 1.81. The third kappa shape index (κ3) is 4.69. The fraction of sp³-hybridized carbons (Fsp3) is 0.684. The Balaban J connectivity index is 1.30. The molecular formula is C19H29N3O2. The van der Waals surface area contributed by atoms with Crippen LogP contribution in [-0.4, -0.2) is 48.6 Å². The molecule has 5 nitrogen and oxygen atoms in total. The highest BCUT2D eigenvalue weighted by molar-refractivity contribution is 5.69. The number of rotatable bonds is 8. The van der Waals surface area contributed by atoms with Gasteiger partial charge in [0.2, 0.25) is 0 Å². The summed E-state index contributed by atoms with van der Waals surface area (Å²) in [4.78, 5) is 18.5. The lowest BCUT2D eigenvalue weighted by Gasteiger charge is -2.39. The summed E-state index contributed by atoms with van der Waals surface area (Å²) in [7, 11) is 0. The van der Waals surface area contributed by atoms with E-state index in [1.54, 1.807) is 0 Å². The molecule has 2 aliphatic rings. The van der Waals surface area contributed by atoms with E-state index in [-0.39, 0.29) is 5.97 Å². The van der Waals surface area contributed by atoms with Gasteiger partial charge in [-0.05, 0) is 56.6 Å². The van der Waals surface area contributed by atoms with Crippen LogP contribution in [0.4, 0.5) is 5.82 Å². The number of pyridine rings is 1. The summed E-state index contributed by atoms with van der Waals surface area (Å²) in [6.07, 6.45) is 6.40. The molecule has 3 heterocycles. The zero-order chi connectivity index (χ0) is 16.8. The van der Waals surface area contributed by atoms with Crippen molar-refractivity contribution in [2.24, 2.45) is 5.92 Å². The Bertz CT molecular complexity index is 556. The monoisotopic (exact) mass is 331 g/mol. The molecule has 1 saturated heterocycles. The van der Waals surface area contributed by atoms with Crippen molar-refractivity contribution in [3.63, 3.8) is 0 Å². The zero-order valence-electron chi connectivity index (χ0n) is 14.7. The van der Waals surface area contributed by atoms with Crippen molar-refractivity contribution < 1.29 is 9.53 Å². The van der Waals surface area contributed by atoms with Gasteiger partial charge < -0.3 is 15.0 Å². The number of aryl methyl sites for hydroxylation is 2. The van der Waals surface area contributed by atoms with Crippen LogP contribution in [0, 0.1) is 5.92 Å². The minimum atomic E-state index is -0.0759. The number of carbonyl (C=O) groups is 1. The quantitative estimate of drug-likeness (QED) is 0.742. The van der Waals surface area contributed by atoms with Gasteiger partial charge in [0.05, 0.1) is 13.0 Å². The van der Waals surface area contributed by atoms with Gasteiger partial charge in [0.25, 0.3) is 0 Å². The van der Waals surface area contributed by atoms with Crippen molar-refractivity contribution in [2.75, 3.05) is 38.1 Å². The molecule has 0 saturated carbocycles. The Morgan fingerprint density at radius 1 is 1.42 bits per heavy atom. The third-order valence-corrected chi connectivity index (χ3v) is 4.97. The molecule has 1 fully saturated rings. The van der Waals surface area contributed by atoms with Gasteiger partial charge in [0, 0.05) is 31.9 Å². The summed E-state index contributed by atoms with van der Waals surface area (Å²) in [5, 5.41) is 3.41. The molecule has 2 aliphatic heterocycles. The molecule has 1 aromatic heterocycles. The van der Waals surface area contributed by atoms with E-state index in [1.165, 1.54) is 30.5 Å². The van der Waals surface area contributed by atoms with Gasteiger partial charge >= 0.3 is 5.97 Å². The van der Waals surface area contributed by atoms with Crippen LogP contribution in [0.1, 0.15) is 43.9 Å². The molecule has 3 rings (SSSR count). The van der Waals surface area contributed by atoms with Gasteiger partial charge in [-0.25, -0.2) is 4.98 Å². The smallest absolute Gasteiger partial charge is 0.307 e. The highest BCUT2D eigenvalue weighted by atomic mass is 16.5. The lowest BCUT2D eigenvalue weighted by atomic mass is 9.93. The van der Waals surface area contributed by atoms with Gasteiger partial charge in [-0.2, -0.15) is 0 Å². The summed E-state index contributed by atoms with van der Waals surface area (Å²) >= 11 is 0. The average Bonchev–Trinajstić information content (AvgIpc) is 2.56. The maximum absolute atomic E-state index is 11.3. The van der Waals surface area contributed by atoms with E-state index < -0.39 is 0 Å². The Morgan fingerprint density at radius 3 is 3.12 bits per heavy atom. The minimum Gasteiger partial charge on any atom is -0.466 e. The molecule has 0 aromatic carbocycles. The first-order valence-electron chi connectivity index (χ1n) is 9.35. The molecule has 0 unspecified atom stereocenters. The van der Waals surface area contributed by atoms with E-state index in [0.29, 0.717) is 13.0 Å². The van der Waals surface area contributed by atoms with Crippen molar-refractivity contribution >= 4 is 11.8 Å². The van der Waals surface area contributed by atoms with E-state index in [0.717, 1.165) is 50.8 Å². The summed E-state index contributed by atoms with van der Waals surface area (Å²) in [6.45, 7) is 6.47. The van der Waals surface area contributed by atoms with Gasteiger partial charge in [0.15, 0.2) is 0 Å². The minimum absolute atomic E-state index is 0.0759. The number of esters is 1. The molecule has 1 aromatic rings. The number of hydrogen-bond acceptors (Lipinski definition) is 5. The molecule has 1 N–H and O–H groups in total. The van der Waals surface area contributed by atoms with Crippen LogP contribution in [0.25, 0.3) is 0 Å². The first-order valence-corrected chi connectivity index (χ1v) is 9.35. The van der Waals surface area contributed by atoms with E-state index in [1.807, 2.05) is 6.92 Å². The predicted octanol–water partition coefficient (Wildman–Crippen LogP) is 2.65. The second-order valence-electron chi connectivity index (χ2n) is 6.91. The predicted molar refractivity (Wildman–Crippen MR) is 95.2 cm³/mol. The van der Waals surface area contributed by atoms with Gasteiger partial charge in [0.1, 0.15) is 5.82 Å². The average molecular weight is 331 g/mol. The molecule has 0 atom stereocenters. The fourth-order valence-electron chi connectivity index (χ4n) is 3.60. The lowest BCUT2D eigenvalue weighted by molar-refractivity contribution is -0.143. The number of nitrogens with zero attached hydrogens (tertiary/aromatic N) is 2. The molecule has 0 bridgehead atoms.